The summed E-state index contributed by atoms with van der Waals surface area (Å²) in [6, 6.07) is 0. The first-order valence-corrected chi connectivity index (χ1v) is 36.3. The molecule has 8 rings (SSSR count). The normalized spacial score (nSPS) is 37.0. The zero-order valence-corrected chi connectivity index (χ0v) is 52.6. The molecule has 0 heterocycles. The van der Waals surface area contributed by atoms with Gasteiger partial charge in [0, 0.05) is 0 Å². The van der Waals surface area contributed by atoms with Gasteiger partial charge in [-0.3, -0.25) is 0 Å². The summed E-state index contributed by atoms with van der Waals surface area (Å²) in [5.74, 6) is 17.6. The van der Waals surface area contributed by atoms with Crippen LogP contribution >= 0.6 is 0 Å². The van der Waals surface area contributed by atoms with Gasteiger partial charge in [-0.05, 0) is 197 Å². The Morgan fingerprint density at radius 1 is 0.162 bits per heavy atom. The fourth-order valence-electron chi connectivity index (χ4n) is 18.9. The third-order valence-electron chi connectivity index (χ3n) is 24.0. The number of hydrogen-bond donors (Lipinski definition) is 0. The lowest BCUT2D eigenvalue weighted by molar-refractivity contribution is 0.140. The van der Waals surface area contributed by atoms with Crippen LogP contribution in [0.5, 0.6) is 0 Å². The predicted octanol–water partition coefficient (Wildman–Crippen LogP) is 25.6. The van der Waals surface area contributed by atoms with Crippen molar-refractivity contribution in [2.24, 2.45) is 94.7 Å². The van der Waals surface area contributed by atoms with Crippen LogP contribution in [-0.4, -0.2) is 0 Å². The summed E-state index contributed by atoms with van der Waals surface area (Å²) in [7, 11) is 0. The Hall–Kier alpha value is 0. The van der Waals surface area contributed by atoms with E-state index < -0.39 is 0 Å². The maximum Gasteiger partial charge on any atom is -0.0386 e. The van der Waals surface area contributed by atoms with Gasteiger partial charge in [0.25, 0.3) is 0 Å². The van der Waals surface area contributed by atoms with Gasteiger partial charge < -0.3 is 0 Å². The van der Waals surface area contributed by atoms with Crippen molar-refractivity contribution >= 4 is 0 Å². The average Bonchev–Trinajstić information content (AvgIpc) is 3.45. The van der Waals surface area contributed by atoms with E-state index in [9.17, 15) is 0 Å². The summed E-state index contributed by atoms with van der Waals surface area (Å²) in [5.41, 5.74) is 0. The van der Waals surface area contributed by atoms with Crippen molar-refractivity contribution in [2.45, 2.75) is 376 Å². The molecule has 8 aliphatic carbocycles. The molecule has 0 aromatic heterocycles. The molecule has 74 heavy (non-hydrogen) atoms. The molecule has 0 spiro atoms. The third kappa shape index (κ3) is 24.4. The zero-order valence-electron chi connectivity index (χ0n) is 52.6. The molecular formula is C74H140. The maximum absolute atomic E-state index is 2.38. The van der Waals surface area contributed by atoms with E-state index in [1.165, 1.54) is 128 Å². The molecule has 0 N–H and O–H groups in total. The van der Waals surface area contributed by atoms with Crippen LogP contribution in [0.15, 0.2) is 0 Å². The summed E-state index contributed by atoms with van der Waals surface area (Å²) in [6.45, 7) is 18.8. The van der Waals surface area contributed by atoms with Crippen molar-refractivity contribution in [1.29, 1.82) is 0 Å². The number of rotatable bonds is 22. The van der Waals surface area contributed by atoms with E-state index in [4.69, 9.17) is 0 Å². The average molecular weight is 1030 g/mol. The lowest BCUT2D eigenvalue weighted by Gasteiger charge is -2.38. The highest BCUT2D eigenvalue weighted by Crippen LogP contribution is 2.47. The zero-order chi connectivity index (χ0) is 52.6. The summed E-state index contributed by atoms with van der Waals surface area (Å²) < 4.78 is 0. The van der Waals surface area contributed by atoms with Crippen molar-refractivity contribution in [3.05, 3.63) is 0 Å². The Balaban J connectivity index is 0.000000183. The first-order chi connectivity index (χ1) is 36.3. The van der Waals surface area contributed by atoms with Gasteiger partial charge in [-0.1, -0.05) is 274 Å². The first kappa shape index (κ1) is 64.8. The van der Waals surface area contributed by atoms with E-state index in [1.807, 2.05) is 0 Å². The number of unbranched alkanes of at least 4 members (excludes halogenated alkanes) is 3. The Kier molecular flexibility index (Phi) is 34.5. The van der Waals surface area contributed by atoms with Crippen molar-refractivity contribution in [3.63, 3.8) is 0 Å². The van der Waals surface area contributed by atoms with Crippen LogP contribution < -0.4 is 0 Å². The minimum absolute atomic E-state index is 1.07. The van der Waals surface area contributed by atoms with Gasteiger partial charge in [0.2, 0.25) is 0 Å². The predicted molar refractivity (Wildman–Crippen MR) is 332 cm³/mol. The van der Waals surface area contributed by atoms with Gasteiger partial charge in [-0.2, -0.15) is 0 Å². The molecule has 0 atom stereocenters. The molecule has 0 aromatic rings. The Morgan fingerprint density at radius 2 is 0.338 bits per heavy atom. The lowest BCUT2D eigenvalue weighted by atomic mass is 9.68. The highest BCUT2D eigenvalue weighted by atomic mass is 14.4. The fourth-order valence-corrected chi connectivity index (χ4v) is 18.9. The van der Waals surface area contributed by atoms with Crippen molar-refractivity contribution in [2.75, 3.05) is 0 Å². The highest BCUT2D eigenvalue weighted by molar-refractivity contribution is 4.86. The standard InChI is InChI=1S/C20H38.C19H36.C18H34.C17H32/c1-3-5-6-8-18-11-15-20(16-12-18)19-13-9-17(7-4-2)10-14-19;1-3-5-7-17-10-14-19(15-11-17)18-12-8-16(6-4-2)9-13-18;1-3-5-15-7-11-17(12-8-15)18-13-9-16(6-4-2)10-14-18;1-3-5-15-8-12-17(13-9-15)16-10-6-14(4-2)7-11-16/h17-20H,3-16H2,1-2H3;16-19H,3-15H2,1-2H3;15-18H,3-14H2,1-2H3;14-17H,3-13H2,1-2H3. The van der Waals surface area contributed by atoms with E-state index in [1.54, 1.807) is 193 Å². The maximum atomic E-state index is 2.38. The molecule has 436 valence electrons. The van der Waals surface area contributed by atoms with Gasteiger partial charge in [0.05, 0.1) is 0 Å². The summed E-state index contributed by atoms with van der Waals surface area (Å²) in [6.07, 6.45) is 76.0. The molecule has 0 radical (unpaired) electrons. The third-order valence-corrected chi connectivity index (χ3v) is 24.0. The minimum Gasteiger partial charge on any atom is -0.0654 e. The Labute approximate surface area is 468 Å². The van der Waals surface area contributed by atoms with Crippen molar-refractivity contribution < 1.29 is 0 Å². The smallest absolute Gasteiger partial charge is 0.0386 e. The molecule has 8 fully saturated rings. The Morgan fingerprint density at radius 3 is 0.514 bits per heavy atom. The molecule has 8 saturated carbocycles. The SMILES string of the molecule is CCCC1CCC(C2CCC(CC)CC2)CC1.CCCC1CCC(C2CCC(CCC)CC2)CC1.CCCCC1CCC(C2CCC(CCC)CC2)CC1.CCCCCC1CCC(C2CCC(CCC)CC2)CC1. The van der Waals surface area contributed by atoms with Crippen LogP contribution in [0.1, 0.15) is 376 Å². The van der Waals surface area contributed by atoms with Gasteiger partial charge in [-0.15, -0.1) is 0 Å². The molecule has 8 aliphatic rings. The van der Waals surface area contributed by atoms with E-state index >= 15 is 0 Å². The quantitative estimate of drug-likeness (QED) is 0.0948. The second-order valence-electron chi connectivity index (χ2n) is 29.2. The van der Waals surface area contributed by atoms with Gasteiger partial charge in [0.1, 0.15) is 0 Å². The van der Waals surface area contributed by atoms with Gasteiger partial charge >= 0.3 is 0 Å². The summed E-state index contributed by atoms with van der Waals surface area (Å²) >= 11 is 0. The minimum atomic E-state index is 1.07. The van der Waals surface area contributed by atoms with Crippen LogP contribution in [0, 0.1) is 94.7 Å². The lowest BCUT2D eigenvalue weighted by Crippen LogP contribution is -2.25. The largest absolute Gasteiger partial charge is 0.0654 e. The van der Waals surface area contributed by atoms with Crippen LogP contribution in [0.4, 0.5) is 0 Å². The molecule has 0 heteroatoms. The monoisotopic (exact) mass is 1030 g/mol. The van der Waals surface area contributed by atoms with Crippen molar-refractivity contribution in [1.82, 2.24) is 0 Å². The highest BCUT2D eigenvalue weighted by Gasteiger charge is 2.34. The first-order valence-electron chi connectivity index (χ1n) is 36.3. The van der Waals surface area contributed by atoms with Crippen LogP contribution in [-0.2, 0) is 0 Å². The molecule has 0 aliphatic heterocycles. The van der Waals surface area contributed by atoms with Gasteiger partial charge in [0.15, 0.2) is 0 Å². The molecule has 0 aromatic carbocycles. The van der Waals surface area contributed by atoms with Crippen LogP contribution in [0.2, 0.25) is 0 Å². The van der Waals surface area contributed by atoms with Crippen LogP contribution in [0.3, 0.4) is 0 Å². The number of hydrogen-bond acceptors (Lipinski definition) is 0. The topological polar surface area (TPSA) is 0 Å². The van der Waals surface area contributed by atoms with Crippen molar-refractivity contribution in [3.8, 4) is 0 Å². The Bertz CT molecular complexity index is 1210. The molecule has 0 amide bonds. The molecule has 0 saturated heterocycles. The van der Waals surface area contributed by atoms with E-state index in [0.717, 1.165) is 94.7 Å². The summed E-state index contributed by atoms with van der Waals surface area (Å²) in [5, 5.41) is 0. The van der Waals surface area contributed by atoms with E-state index in [0.29, 0.717) is 0 Å². The molecule has 0 nitrogen and oxygen atoms in total. The molecular weight excluding hydrogens is 889 g/mol. The molecule has 0 unspecified atom stereocenters. The van der Waals surface area contributed by atoms with Crippen LogP contribution in [0.25, 0.3) is 0 Å². The van der Waals surface area contributed by atoms with E-state index in [2.05, 4.69) is 55.4 Å². The van der Waals surface area contributed by atoms with Gasteiger partial charge in [-0.25, -0.2) is 0 Å². The molecule has 0 bridgehead atoms. The summed E-state index contributed by atoms with van der Waals surface area (Å²) in [4.78, 5) is 0. The second kappa shape index (κ2) is 39.4. The fraction of sp³-hybridized carbons (Fsp3) is 1.00. The second-order valence-corrected chi connectivity index (χ2v) is 29.2. The van der Waals surface area contributed by atoms with E-state index in [-0.39, 0.29) is 0 Å².